The molecule has 2 aromatic carbocycles. The Labute approximate surface area is 122 Å². The van der Waals surface area contributed by atoms with Crippen LogP contribution in [-0.2, 0) is 6.54 Å². The predicted octanol–water partition coefficient (Wildman–Crippen LogP) is 3.40. The number of furan rings is 1. The molecule has 0 spiro atoms. The van der Waals surface area contributed by atoms with Crippen LogP contribution < -0.4 is 5.32 Å². The Morgan fingerprint density at radius 1 is 1.10 bits per heavy atom. The van der Waals surface area contributed by atoms with E-state index in [0.29, 0.717) is 18.7 Å². The molecule has 0 fully saturated rings. The SMILES string of the molecule is OC(CNCc1coc2ccccc12)c1ccc(F)cc1. The predicted molar refractivity (Wildman–Crippen MR) is 79.3 cm³/mol. The zero-order valence-electron chi connectivity index (χ0n) is 11.4. The van der Waals surface area contributed by atoms with E-state index in [1.807, 2.05) is 24.3 Å². The highest BCUT2D eigenvalue weighted by Gasteiger charge is 2.09. The third kappa shape index (κ3) is 3.12. The van der Waals surface area contributed by atoms with Crippen LogP contribution in [0.15, 0.2) is 59.2 Å². The third-order valence-corrected chi connectivity index (χ3v) is 3.47. The molecule has 3 nitrogen and oxygen atoms in total. The number of fused-ring (bicyclic) bond motifs is 1. The summed E-state index contributed by atoms with van der Waals surface area (Å²) in [6.45, 7) is 1.00. The van der Waals surface area contributed by atoms with E-state index in [1.165, 1.54) is 12.1 Å². The van der Waals surface area contributed by atoms with Gasteiger partial charge in [0, 0.05) is 24.0 Å². The molecule has 0 bridgehead atoms. The molecule has 0 amide bonds. The van der Waals surface area contributed by atoms with Crippen molar-refractivity contribution in [2.24, 2.45) is 0 Å². The highest BCUT2D eigenvalue weighted by molar-refractivity contribution is 5.80. The first-order valence-electron chi connectivity index (χ1n) is 6.83. The summed E-state index contributed by atoms with van der Waals surface area (Å²) in [4.78, 5) is 0. The first-order chi connectivity index (χ1) is 10.2. The van der Waals surface area contributed by atoms with Gasteiger partial charge in [-0.2, -0.15) is 0 Å². The number of hydrogen-bond donors (Lipinski definition) is 2. The van der Waals surface area contributed by atoms with Gasteiger partial charge in [-0.3, -0.25) is 0 Å². The lowest BCUT2D eigenvalue weighted by molar-refractivity contribution is 0.174. The Hall–Kier alpha value is -2.17. The summed E-state index contributed by atoms with van der Waals surface area (Å²) in [7, 11) is 0. The van der Waals surface area contributed by atoms with Gasteiger partial charge in [-0.25, -0.2) is 4.39 Å². The molecule has 108 valence electrons. The maximum absolute atomic E-state index is 12.8. The fraction of sp³-hybridized carbons (Fsp3) is 0.176. The second-order valence-corrected chi connectivity index (χ2v) is 4.96. The summed E-state index contributed by atoms with van der Waals surface area (Å²) in [5.41, 5.74) is 2.60. The van der Waals surface area contributed by atoms with Crippen LogP contribution in [0.3, 0.4) is 0 Å². The van der Waals surface area contributed by atoms with E-state index in [2.05, 4.69) is 5.32 Å². The van der Waals surface area contributed by atoms with Crippen molar-refractivity contribution in [1.29, 1.82) is 0 Å². The van der Waals surface area contributed by atoms with Crippen LogP contribution in [0.25, 0.3) is 11.0 Å². The highest BCUT2D eigenvalue weighted by atomic mass is 19.1. The summed E-state index contributed by atoms with van der Waals surface area (Å²) >= 11 is 0. The van der Waals surface area contributed by atoms with E-state index >= 15 is 0 Å². The van der Waals surface area contributed by atoms with Crippen LogP contribution in [-0.4, -0.2) is 11.7 Å². The minimum atomic E-state index is -0.663. The van der Waals surface area contributed by atoms with Gasteiger partial charge in [0.1, 0.15) is 11.4 Å². The van der Waals surface area contributed by atoms with Crippen molar-refractivity contribution in [2.75, 3.05) is 6.54 Å². The molecular formula is C17H16FNO2. The molecule has 0 saturated carbocycles. The standard InChI is InChI=1S/C17H16FNO2/c18-14-7-5-12(6-8-14)16(20)10-19-9-13-11-21-17-4-2-1-3-15(13)17/h1-8,11,16,19-20H,9-10H2. The molecular weight excluding hydrogens is 269 g/mol. The van der Waals surface area contributed by atoms with Crippen molar-refractivity contribution in [3.05, 3.63) is 71.7 Å². The lowest BCUT2D eigenvalue weighted by atomic mass is 10.1. The second-order valence-electron chi connectivity index (χ2n) is 4.96. The van der Waals surface area contributed by atoms with Crippen LogP contribution in [0, 0.1) is 5.82 Å². The maximum atomic E-state index is 12.8. The van der Waals surface area contributed by atoms with Gasteiger partial charge >= 0.3 is 0 Å². The molecule has 0 radical (unpaired) electrons. The minimum Gasteiger partial charge on any atom is -0.464 e. The number of para-hydroxylation sites is 1. The van der Waals surface area contributed by atoms with Crippen molar-refractivity contribution < 1.29 is 13.9 Å². The molecule has 3 aromatic rings. The normalized spacial score (nSPS) is 12.7. The molecule has 0 aliphatic rings. The first kappa shape index (κ1) is 13.8. The zero-order chi connectivity index (χ0) is 14.7. The zero-order valence-corrected chi connectivity index (χ0v) is 11.4. The Bertz CT molecular complexity index is 721. The smallest absolute Gasteiger partial charge is 0.134 e. The Morgan fingerprint density at radius 3 is 2.67 bits per heavy atom. The number of hydrogen-bond acceptors (Lipinski definition) is 3. The fourth-order valence-corrected chi connectivity index (χ4v) is 2.32. The van der Waals surface area contributed by atoms with Crippen LogP contribution >= 0.6 is 0 Å². The number of nitrogens with one attached hydrogen (secondary N) is 1. The largest absolute Gasteiger partial charge is 0.464 e. The first-order valence-corrected chi connectivity index (χ1v) is 6.83. The van der Waals surface area contributed by atoms with E-state index in [-0.39, 0.29) is 5.82 Å². The van der Waals surface area contributed by atoms with Crippen LogP contribution in [0.4, 0.5) is 4.39 Å². The summed E-state index contributed by atoms with van der Waals surface area (Å²) in [5, 5.41) is 14.3. The number of benzene rings is 2. The Balaban J connectivity index is 1.59. The summed E-state index contributed by atoms with van der Waals surface area (Å²) in [6, 6.07) is 13.7. The van der Waals surface area contributed by atoms with E-state index in [0.717, 1.165) is 16.5 Å². The second kappa shape index (κ2) is 6.08. The van der Waals surface area contributed by atoms with Gasteiger partial charge in [0.15, 0.2) is 0 Å². The molecule has 1 heterocycles. The average Bonchev–Trinajstić information content (AvgIpc) is 2.91. The van der Waals surface area contributed by atoms with Gasteiger partial charge in [-0.05, 0) is 23.8 Å². The topological polar surface area (TPSA) is 45.4 Å². The molecule has 4 heteroatoms. The Morgan fingerprint density at radius 2 is 1.86 bits per heavy atom. The van der Waals surface area contributed by atoms with Gasteiger partial charge in [0.2, 0.25) is 0 Å². The number of aliphatic hydroxyl groups is 1. The highest BCUT2D eigenvalue weighted by Crippen LogP contribution is 2.20. The molecule has 3 rings (SSSR count). The lowest BCUT2D eigenvalue weighted by Gasteiger charge is -2.11. The van der Waals surface area contributed by atoms with Crippen molar-refractivity contribution in [3.8, 4) is 0 Å². The van der Waals surface area contributed by atoms with Crippen LogP contribution in [0.5, 0.6) is 0 Å². The van der Waals surface area contributed by atoms with E-state index in [1.54, 1.807) is 18.4 Å². The maximum Gasteiger partial charge on any atom is 0.134 e. The van der Waals surface area contributed by atoms with Crippen LogP contribution in [0.1, 0.15) is 17.2 Å². The van der Waals surface area contributed by atoms with E-state index < -0.39 is 6.10 Å². The van der Waals surface area contributed by atoms with Gasteiger partial charge in [0.05, 0.1) is 12.4 Å². The van der Waals surface area contributed by atoms with E-state index in [9.17, 15) is 9.50 Å². The Kier molecular flexibility index (Phi) is 3.99. The average molecular weight is 285 g/mol. The number of halogens is 1. The van der Waals surface area contributed by atoms with Crippen LogP contribution in [0.2, 0.25) is 0 Å². The fourth-order valence-electron chi connectivity index (χ4n) is 2.32. The van der Waals surface area contributed by atoms with Gasteiger partial charge in [-0.15, -0.1) is 0 Å². The molecule has 2 N–H and O–H groups in total. The van der Waals surface area contributed by atoms with Crippen molar-refractivity contribution >= 4 is 11.0 Å². The van der Waals surface area contributed by atoms with Crippen molar-refractivity contribution in [3.63, 3.8) is 0 Å². The molecule has 0 aliphatic heterocycles. The summed E-state index contributed by atoms with van der Waals surface area (Å²) in [6.07, 6.45) is 1.06. The van der Waals surface area contributed by atoms with Gasteiger partial charge in [0.25, 0.3) is 0 Å². The van der Waals surface area contributed by atoms with Gasteiger partial charge < -0.3 is 14.8 Å². The lowest BCUT2D eigenvalue weighted by Crippen LogP contribution is -2.20. The molecule has 1 unspecified atom stereocenters. The third-order valence-electron chi connectivity index (χ3n) is 3.47. The van der Waals surface area contributed by atoms with Crippen molar-refractivity contribution in [2.45, 2.75) is 12.6 Å². The molecule has 0 aliphatic carbocycles. The quantitative estimate of drug-likeness (QED) is 0.755. The summed E-state index contributed by atoms with van der Waals surface area (Å²) in [5.74, 6) is -0.302. The minimum absolute atomic E-state index is 0.302. The molecule has 21 heavy (non-hydrogen) atoms. The number of rotatable bonds is 5. The molecule has 0 saturated heterocycles. The summed E-state index contributed by atoms with van der Waals surface area (Å²) < 4.78 is 18.3. The number of aliphatic hydroxyl groups excluding tert-OH is 1. The molecule has 1 atom stereocenters. The molecule has 1 aromatic heterocycles. The van der Waals surface area contributed by atoms with Gasteiger partial charge in [-0.1, -0.05) is 30.3 Å². The van der Waals surface area contributed by atoms with Crippen molar-refractivity contribution in [1.82, 2.24) is 5.32 Å². The monoisotopic (exact) mass is 285 g/mol. The van der Waals surface area contributed by atoms with E-state index in [4.69, 9.17) is 4.42 Å².